The van der Waals surface area contributed by atoms with Crippen LogP contribution in [0.5, 0.6) is 5.88 Å². The summed E-state index contributed by atoms with van der Waals surface area (Å²) in [5.41, 5.74) is 0.828. The second-order valence-corrected chi connectivity index (χ2v) is 3.69. The molecule has 0 amide bonds. The maximum atomic E-state index is 9.40. The van der Waals surface area contributed by atoms with Gasteiger partial charge in [0.25, 0.3) is 0 Å². The van der Waals surface area contributed by atoms with Crippen LogP contribution in [0.3, 0.4) is 0 Å². The molecule has 0 spiro atoms. The lowest BCUT2D eigenvalue weighted by Crippen LogP contribution is -2.22. The summed E-state index contributed by atoms with van der Waals surface area (Å²) in [4.78, 5) is 10.5. The van der Waals surface area contributed by atoms with Gasteiger partial charge in [0, 0.05) is 32.0 Å². The number of aliphatic hydroxyl groups is 1. The molecule has 1 fully saturated rings. The van der Waals surface area contributed by atoms with E-state index in [1.165, 1.54) is 0 Å². The number of β-amino-alcohol motifs (C(OH)–C–C–N with tert-alkyl or cyclic N) is 1. The van der Waals surface area contributed by atoms with Crippen molar-refractivity contribution in [3.8, 4) is 5.88 Å². The molecule has 0 radical (unpaired) electrons. The molecule has 5 heteroatoms. The highest BCUT2D eigenvalue weighted by Gasteiger charge is 2.21. The molecule has 0 saturated carbocycles. The van der Waals surface area contributed by atoms with Crippen LogP contribution in [0.15, 0.2) is 12.4 Å². The molecule has 1 aromatic heterocycles. The molecule has 1 aliphatic rings. The Morgan fingerprint density at radius 3 is 3.00 bits per heavy atom. The molecule has 0 aliphatic carbocycles. The molecule has 1 N–H and O–H groups in total. The fourth-order valence-electron chi connectivity index (χ4n) is 1.80. The molecule has 1 atom stereocenters. The van der Waals surface area contributed by atoms with Gasteiger partial charge in [0.2, 0.25) is 5.88 Å². The molecule has 1 aromatic rings. The molecule has 1 saturated heterocycles. The Bertz CT molecular complexity index is 332. The fourth-order valence-corrected chi connectivity index (χ4v) is 1.80. The van der Waals surface area contributed by atoms with Gasteiger partial charge in [-0.15, -0.1) is 0 Å². The van der Waals surface area contributed by atoms with Gasteiger partial charge in [-0.2, -0.15) is 0 Å². The van der Waals surface area contributed by atoms with Crippen molar-refractivity contribution in [2.75, 3.05) is 20.2 Å². The van der Waals surface area contributed by atoms with Crippen molar-refractivity contribution < 1.29 is 9.84 Å². The number of rotatable bonds is 3. The highest BCUT2D eigenvalue weighted by atomic mass is 16.5. The predicted octanol–water partition coefficient (Wildman–Crippen LogP) is 0.0518. The summed E-state index contributed by atoms with van der Waals surface area (Å²) in [5.74, 6) is 0.568. The largest absolute Gasteiger partial charge is 0.480 e. The zero-order valence-corrected chi connectivity index (χ0v) is 8.76. The molecule has 0 bridgehead atoms. The molecular weight excluding hydrogens is 194 g/mol. The lowest BCUT2D eigenvalue weighted by atomic mass is 10.3. The van der Waals surface area contributed by atoms with E-state index in [4.69, 9.17) is 4.74 Å². The number of ether oxygens (including phenoxy) is 1. The summed E-state index contributed by atoms with van der Waals surface area (Å²) >= 11 is 0. The monoisotopic (exact) mass is 209 g/mol. The van der Waals surface area contributed by atoms with Crippen molar-refractivity contribution >= 4 is 0 Å². The third-order valence-corrected chi connectivity index (χ3v) is 2.55. The summed E-state index contributed by atoms with van der Waals surface area (Å²) in [6.45, 7) is 2.30. The van der Waals surface area contributed by atoms with E-state index in [1.54, 1.807) is 19.5 Å². The lowest BCUT2D eigenvalue weighted by molar-refractivity contribution is 0.174. The molecular formula is C10H15N3O2. The Labute approximate surface area is 88.7 Å². The van der Waals surface area contributed by atoms with Crippen molar-refractivity contribution in [3.63, 3.8) is 0 Å². The standard InChI is InChI=1S/C10H15N3O2/c1-15-10-9(11-3-4-12-10)7-13-5-2-8(14)6-13/h3-4,8,14H,2,5-7H2,1H3. The van der Waals surface area contributed by atoms with E-state index < -0.39 is 0 Å². The highest BCUT2D eigenvalue weighted by molar-refractivity contribution is 5.17. The quantitative estimate of drug-likeness (QED) is 0.762. The van der Waals surface area contributed by atoms with Crippen molar-refractivity contribution in [1.82, 2.24) is 14.9 Å². The first-order valence-corrected chi connectivity index (χ1v) is 5.04. The van der Waals surface area contributed by atoms with Crippen LogP contribution in [0.2, 0.25) is 0 Å². The number of hydrogen-bond donors (Lipinski definition) is 1. The van der Waals surface area contributed by atoms with Crippen molar-refractivity contribution in [2.45, 2.75) is 19.1 Å². The number of aliphatic hydroxyl groups excluding tert-OH is 1. The smallest absolute Gasteiger partial charge is 0.236 e. The Morgan fingerprint density at radius 2 is 2.33 bits per heavy atom. The average molecular weight is 209 g/mol. The molecule has 1 unspecified atom stereocenters. The Balaban J connectivity index is 2.04. The third-order valence-electron chi connectivity index (χ3n) is 2.55. The summed E-state index contributed by atoms with van der Waals surface area (Å²) < 4.78 is 5.12. The van der Waals surface area contributed by atoms with Gasteiger partial charge < -0.3 is 9.84 Å². The molecule has 5 nitrogen and oxygen atoms in total. The minimum absolute atomic E-state index is 0.201. The topological polar surface area (TPSA) is 58.5 Å². The van der Waals surface area contributed by atoms with E-state index in [0.717, 1.165) is 18.7 Å². The zero-order chi connectivity index (χ0) is 10.7. The summed E-state index contributed by atoms with van der Waals surface area (Å²) in [7, 11) is 1.59. The first-order chi connectivity index (χ1) is 7.29. The summed E-state index contributed by atoms with van der Waals surface area (Å²) in [5, 5.41) is 9.40. The van der Waals surface area contributed by atoms with E-state index in [2.05, 4.69) is 14.9 Å². The molecule has 2 rings (SSSR count). The minimum Gasteiger partial charge on any atom is -0.480 e. The molecule has 2 heterocycles. The van der Waals surface area contributed by atoms with E-state index in [0.29, 0.717) is 19.0 Å². The SMILES string of the molecule is COc1nccnc1CN1CCC(O)C1. The lowest BCUT2D eigenvalue weighted by Gasteiger charge is -2.15. The minimum atomic E-state index is -0.201. The van der Waals surface area contributed by atoms with Crippen LogP contribution < -0.4 is 4.74 Å². The number of nitrogens with zero attached hydrogens (tertiary/aromatic N) is 3. The zero-order valence-electron chi connectivity index (χ0n) is 8.76. The first-order valence-electron chi connectivity index (χ1n) is 5.04. The highest BCUT2D eigenvalue weighted by Crippen LogP contribution is 2.17. The molecule has 1 aliphatic heterocycles. The predicted molar refractivity (Wildman–Crippen MR) is 54.5 cm³/mol. The van der Waals surface area contributed by atoms with Crippen LogP contribution in [0.25, 0.3) is 0 Å². The van der Waals surface area contributed by atoms with Crippen molar-refractivity contribution in [1.29, 1.82) is 0 Å². The van der Waals surface area contributed by atoms with Crippen LogP contribution in [0.1, 0.15) is 12.1 Å². The van der Waals surface area contributed by atoms with Crippen LogP contribution in [0.4, 0.5) is 0 Å². The number of methoxy groups -OCH3 is 1. The van der Waals surface area contributed by atoms with Gasteiger partial charge in [-0.25, -0.2) is 4.98 Å². The van der Waals surface area contributed by atoms with E-state index >= 15 is 0 Å². The van der Waals surface area contributed by atoms with Crippen LogP contribution in [-0.4, -0.2) is 46.3 Å². The van der Waals surface area contributed by atoms with Gasteiger partial charge in [-0.1, -0.05) is 0 Å². The van der Waals surface area contributed by atoms with Crippen LogP contribution in [0, 0.1) is 0 Å². The molecule has 15 heavy (non-hydrogen) atoms. The van der Waals surface area contributed by atoms with Gasteiger partial charge in [-0.05, 0) is 6.42 Å². The van der Waals surface area contributed by atoms with Gasteiger partial charge in [0.15, 0.2) is 0 Å². The van der Waals surface area contributed by atoms with Gasteiger partial charge in [-0.3, -0.25) is 9.88 Å². The number of hydrogen-bond acceptors (Lipinski definition) is 5. The summed E-state index contributed by atoms with van der Waals surface area (Å²) in [6.07, 6.45) is 3.90. The van der Waals surface area contributed by atoms with Gasteiger partial charge >= 0.3 is 0 Å². The first kappa shape index (κ1) is 10.3. The van der Waals surface area contributed by atoms with Crippen LogP contribution >= 0.6 is 0 Å². The van der Waals surface area contributed by atoms with Crippen LogP contribution in [-0.2, 0) is 6.54 Å². The normalized spacial score (nSPS) is 21.9. The van der Waals surface area contributed by atoms with Gasteiger partial charge in [0.1, 0.15) is 5.69 Å². The second-order valence-electron chi connectivity index (χ2n) is 3.69. The summed E-state index contributed by atoms with van der Waals surface area (Å²) in [6, 6.07) is 0. The molecule has 82 valence electrons. The van der Waals surface area contributed by atoms with Crippen molar-refractivity contribution in [3.05, 3.63) is 18.1 Å². The molecule has 0 aromatic carbocycles. The van der Waals surface area contributed by atoms with Crippen molar-refractivity contribution in [2.24, 2.45) is 0 Å². The number of aromatic nitrogens is 2. The maximum Gasteiger partial charge on any atom is 0.236 e. The Kier molecular flexibility index (Phi) is 3.13. The van der Waals surface area contributed by atoms with E-state index in [-0.39, 0.29) is 6.10 Å². The number of likely N-dealkylation sites (tertiary alicyclic amines) is 1. The van der Waals surface area contributed by atoms with E-state index in [1.807, 2.05) is 0 Å². The van der Waals surface area contributed by atoms with Gasteiger partial charge in [0.05, 0.1) is 13.2 Å². The third kappa shape index (κ3) is 2.43. The average Bonchev–Trinajstić information content (AvgIpc) is 2.65. The second kappa shape index (κ2) is 4.55. The van der Waals surface area contributed by atoms with E-state index in [9.17, 15) is 5.11 Å². The fraction of sp³-hybridized carbons (Fsp3) is 0.600. The maximum absolute atomic E-state index is 9.40. The Hall–Kier alpha value is -1.20. The Morgan fingerprint density at radius 1 is 1.53 bits per heavy atom.